The van der Waals surface area contributed by atoms with E-state index in [9.17, 15) is 23.6 Å². The van der Waals surface area contributed by atoms with Gasteiger partial charge >= 0.3 is 0 Å². The van der Waals surface area contributed by atoms with Gasteiger partial charge in [0.1, 0.15) is 23.7 Å². The van der Waals surface area contributed by atoms with Crippen LogP contribution in [0.25, 0.3) is 0 Å². The van der Waals surface area contributed by atoms with Crippen LogP contribution in [0.15, 0.2) is 79.3 Å². The standard InChI is InChI=1S/C52H73ClFN9O8S/c1-38(55-22-10-26-68-28-30-70-31-29-69-27-11-23-57-48(64)16-4-3-15-46-42-34-51(67)62-45(42)36-72-46)12-7-17-49(65)56-21-5-6-24-63(2)25-9-18-50(66)61-40-14-8-13-39(32-40)60-47-35-52(59-37-58-47)71-41-19-20-44(54)43(53)33-41/h8-9,13-14,18-20,32-33,35,37,42,45-46,55H,1,3-7,10-12,15-17,21-31,34,36H2,2H3,(H,56,65)(H,57,64)(H,61,66)(H,62,67)(H,58,59,60)/b18-9+/t42-,45-,46-/m0/s1. The highest BCUT2D eigenvalue weighted by Crippen LogP contribution is 2.40. The van der Waals surface area contributed by atoms with Gasteiger partial charge in [0, 0.05) is 117 Å². The maximum absolute atomic E-state index is 13.5. The number of amides is 4. The molecule has 2 fully saturated rings. The van der Waals surface area contributed by atoms with Crippen LogP contribution in [0.4, 0.5) is 21.6 Å². The van der Waals surface area contributed by atoms with Gasteiger partial charge in [-0.15, -0.1) is 0 Å². The zero-order valence-corrected chi connectivity index (χ0v) is 43.1. The van der Waals surface area contributed by atoms with Crippen molar-refractivity contribution in [2.45, 2.75) is 88.3 Å². The summed E-state index contributed by atoms with van der Waals surface area (Å²) in [7, 11) is 1.99. The lowest BCUT2D eigenvalue weighted by Crippen LogP contribution is -2.29. The molecular weight excluding hydrogens is 965 g/mol. The monoisotopic (exact) mass is 1040 g/mol. The van der Waals surface area contributed by atoms with Gasteiger partial charge in [-0.1, -0.05) is 36.7 Å². The maximum atomic E-state index is 13.5. The molecule has 17 nitrogen and oxygen atoms in total. The summed E-state index contributed by atoms with van der Waals surface area (Å²) in [5.74, 6) is 2.01. The first-order chi connectivity index (χ1) is 35.0. The molecule has 6 N–H and O–H groups in total. The molecule has 0 spiro atoms. The summed E-state index contributed by atoms with van der Waals surface area (Å²) in [6.45, 7) is 10.7. The van der Waals surface area contributed by atoms with Crippen molar-refractivity contribution in [1.29, 1.82) is 0 Å². The van der Waals surface area contributed by atoms with Gasteiger partial charge in [0.25, 0.3) is 0 Å². The average Bonchev–Trinajstić information content (AvgIpc) is 3.91. The van der Waals surface area contributed by atoms with Crippen molar-refractivity contribution in [3.63, 3.8) is 0 Å². The van der Waals surface area contributed by atoms with Crippen molar-refractivity contribution in [2.75, 3.05) is 95.8 Å². The van der Waals surface area contributed by atoms with Crippen LogP contribution < -0.4 is 36.6 Å². The number of anilines is 3. The number of benzene rings is 2. The molecule has 1 aromatic heterocycles. The minimum atomic E-state index is -0.545. The van der Waals surface area contributed by atoms with Gasteiger partial charge in [0.05, 0.1) is 31.5 Å². The normalized spacial score (nSPS) is 16.1. The molecule has 3 atom stereocenters. The third-order valence-electron chi connectivity index (χ3n) is 11.8. The number of nitrogens with one attached hydrogen (secondary N) is 6. The van der Waals surface area contributed by atoms with Crippen LogP contribution in [0.5, 0.6) is 11.6 Å². The number of fused-ring (bicyclic) bond motifs is 1. The van der Waals surface area contributed by atoms with Crippen LogP contribution in [0.3, 0.4) is 0 Å². The number of hydrogen-bond donors (Lipinski definition) is 6. The van der Waals surface area contributed by atoms with E-state index < -0.39 is 5.82 Å². The van der Waals surface area contributed by atoms with Crippen LogP contribution in [-0.2, 0) is 33.4 Å². The summed E-state index contributed by atoms with van der Waals surface area (Å²) < 4.78 is 36.0. The smallest absolute Gasteiger partial charge is 0.248 e. The van der Waals surface area contributed by atoms with E-state index in [0.29, 0.717) is 119 Å². The second-order valence-electron chi connectivity index (χ2n) is 17.8. The van der Waals surface area contributed by atoms with Gasteiger partial charge in [-0.3, -0.25) is 19.2 Å². The Kier molecular flexibility index (Phi) is 26.7. The van der Waals surface area contributed by atoms with Gasteiger partial charge in [0.2, 0.25) is 29.5 Å². The van der Waals surface area contributed by atoms with Crippen LogP contribution in [0, 0.1) is 11.7 Å². The number of likely N-dealkylation sites (N-methyl/N-ethyl adjacent to an activating group) is 1. The van der Waals surface area contributed by atoms with Crippen molar-refractivity contribution in [3.05, 3.63) is 90.1 Å². The summed E-state index contributed by atoms with van der Waals surface area (Å²) in [5.41, 5.74) is 2.19. The Morgan fingerprint density at radius 2 is 1.56 bits per heavy atom. The van der Waals surface area contributed by atoms with Gasteiger partial charge < -0.3 is 55.7 Å². The van der Waals surface area contributed by atoms with Gasteiger partial charge in [0.15, 0.2) is 0 Å². The highest BCUT2D eigenvalue weighted by molar-refractivity contribution is 8.00. The number of rotatable bonds is 37. The molecule has 2 aliphatic rings. The molecule has 2 aromatic carbocycles. The molecule has 4 amide bonds. The molecule has 0 radical (unpaired) electrons. The van der Waals surface area contributed by atoms with E-state index in [-0.39, 0.29) is 34.5 Å². The average molecular weight is 1040 g/mol. The lowest BCUT2D eigenvalue weighted by molar-refractivity contribution is -0.122. The molecule has 0 saturated carbocycles. The maximum Gasteiger partial charge on any atom is 0.248 e. The Morgan fingerprint density at radius 1 is 0.847 bits per heavy atom. The molecule has 20 heteroatoms. The van der Waals surface area contributed by atoms with Crippen molar-refractivity contribution >= 4 is 64.2 Å². The molecule has 0 unspecified atom stereocenters. The zero-order chi connectivity index (χ0) is 51.2. The molecule has 0 aliphatic carbocycles. The van der Waals surface area contributed by atoms with Crippen molar-refractivity contribution < 1.29 is 42.5 Å². The summed E-state index contributed by atoms with van der Waals surface area (Å²) >= 11 is 7.81. The number of hydrogen-bond acceptors (Lipinski definition) is 14. The van der Waals surface area contributed by atoms with E-state index in [1.165, 1.54) is 30.6 Å². The first kappa shape index (κ1) is 57.6. The zero-order valence-electron chi connectivity index (χ0n) is 41.5. The fourth-order valence-electron chi connectivity index (χ4n) is 7.97. The molecule has 394 valence electrons. The van der Waals surface area contributed by atoms with Crippen LogP contribution in [0.1, 0.15) is 77.0 Å². The summed E-state index contributed by atoms with van der Waals surface area (Å²) in [6.07, 6.45) is 14.1. The molecule has 2 aliphatic heterocycles. The van der Waals surface area contributed by atoms with E-state index >= 15 is 0 Å². The fraction of sp³-hybridized carbons (Fsp3) is 0.538. The van der Waals surface area contributed by atoms with E-state index in [1.54, 1.807) is 24.3 Å². The first-order valence-electron chi connectivity index (χ1n) is 25.1. The summed E-state index contributed by atoms with van der Waals surface area (Å²) in [4.78, 5) is 59.2. The number of nitrogens with zero attached hydrogens (tertiary/aromatic N) is 3. The number of ether oxygens (including phenoxy) is 4. The number of thioether (sulfide) groups is 1. The van der Waals surface area contributed by atoms with Crippen molar-refractivity contribution in [2.24, 2.45) is 5.92 Å². The Labute approximate surface area is 432 Å². The Bertz CT molecular complexity index is 2190. The van der Waals surface area contributed by atoms with Crippen LogP contribution in [0.2, 0.25) is 5.02 Å². The lowest BCUT2D eigenvalue weighted by Gasteiger charge is -2.15. The van der Waals surface area contributed by atoms with Crippen molar-refractivity contribution in [3.8, 4) is 11.6 Å². The molecule has 3 aromatic rings. The van der Waals surface area contributed by atoms with Gasteiger partial charge in [-0.25, -0.2) is 14.4 Å². The number of unbranched alkanes of at least 4 members (excludes halogenated alkanes) is 2. The molecule has 2 saturated heterocycles. The number of carbonyl (C=O) groups excluding carboxylic acids is 4. The van der Waals surface area contributed by atoms with E-state index in [4.69, 9.17) is 30.5 Å². The molecular formula is C52H73ClFN9O8S. The van der Waals surface area contributed by atoms with E-state index in [0.717, 1.165) is 82.3 Å². The Morgan fingerprint density at radius 3 is 2.32 bits per heavy atom. The number of allylic oxidation sites excluding steroid dienone is 1. The number of carbonyl (C=O) groups is 4. The third-order valence-corrected chi connectivity index (χ3v) is 13.6. The van der Waals surface area contributed by atoms with E-state index in [1.807, 2.05) is 31.0 Å². The van der Waals surface area contributed by atoms with E-state index in [2.05, 4.69) is 53.3 Å². The minimum Gasteiger partial charge on any atom is -0.439 e. The minimum absolute atomic E-state index is 0.0363. The highest BCUT2D eigenvalue weighted by Gasteiger charge is 2.42. The fourth-order valence-corrected chi connectivity index (χ4v) is 9.79. The van der Waals surface area contributed by atoms with Crippen LogP contribution >= 0.6 is 23.4 Å². The first-order valence-corrected chi connectivity index (χ1v) is 26.5. The Balaban J connectivity index is 0.752. The van der Waals surface area contributed by atoms with Crippen LogP contribution in [-0.4, -0.2) is 135 Å². The van der Waals surface area contributed by atoms with Crippen molar-refractivity contribution in [1.82, 2.24) is 36.1 Å². The summed E-state index contributed by atoms with van der Waals surface area (Å²) in [5, 5.41) is 18.9. The Hall–Kier alpha value is -5.31. The van der Waals surface area contributed by atoms with Gasteiger partial charge in [-0.2, -0.15) is 11.8 Å². The molecule has 3 heterocycles. The number of halogens is 2. The second kappa shape index (κ2) is 33.4. The predicted molar refractivity (Wildman–Crippen MR) is 281 cm³/mol. The molecule has 72 heavy (non-hydrogen) atoms. The molecule has 0 bridgehead atoms. The summed E-state index contributed by atoms with van der Waals surface area (Å²) in [6, 6.07) is 13.1. The second-order valence-corrected chi connectivity index (χ2v) is 19.5. The highest BCUT2D eigenvalue weighted by atomic mass is 35.5. The lowest BCUT2D eigenvalue weighted by atomic mass is 9.94. The number of aromatic nitrogens is 2. The molecule has 5 rings (SSSR count). The largest absolute Gasteiger partial charge is 0.439 e. The quantitative estimate of drug-likeness (QED) is 0.0244. The predicted octanol–water partition coefficient (Wildman–Crippen LogP) is 7.53. The topological polar surface area (TPSA) is 206 Å². The third kappa shape index (κ3) is 23.5. The van der Waals surface area contributed by atoms with Gasteiger partial charge in [-0.05, 0) is 95.3 Å². The SMILES string of the molecule is C=C(CCCC(=O)NCCCCN(C)C/C=C/C(=O)Nc1cccc(Nc2cc(Oc3ccc(F)c(Cl)c3)ncn2)c1)NCCCOCCOCCOCCCNC(=O)CCCC[C@@H]1SC[C@@H]2NC(=O)C[C@@H]21.